The molecular formula is C29H26F3NO4S. The van der Waals surface area contributed by atoms with E-state index in [-0.39, 0.29) is 23.4 Å². The number of amides is 1. The number of nitrogens with one attached hydrogen (secondary N) is 1. The predicted molar refractivity (Wildman–Crippen MR) is 141 cm³/mol. The SMILES string of the molecule is Cc1ccc(/C=C(/NC(=O)c2ccc(C(F)(F)F)cc2)C(=O)C[C@@H](CSCc2ccccc2)C(=O)O)cc1. The molecule has 0 heterocycles. The zero-order chi connectivity index (χ0) is 27.7. The highest BCUT2D eigenvalue weighted by molar-refractivity contribution is 7.98. The van der Waals surface area contributed by atoms with Crippen LogP contribution in [0.25, 0.3) is 6.08 Å². The topological polar surface area (TPSA) is 83.5 Å². The van der Waals surface area contributed by atoms with Crippen LogP contribution >= 0.6 is 11.8 Å². The van der Waals surface area contributed by atoms with Gasteiger partial charge in [-0.2, -0.15) is 24.9 Å². The first-order valence-corrected chi connectivity index (χ1v) is 12.8. The number of benzene rings is 3. The molecule has 198 valence electrons. The number of aliphatic carboxylic acids is 1. The maximum absolute atomic E-state index is 13.2. The molecule has 0 aliphatic heterocycles. The summed E-state index contributed by atoms with van der Waals surface area (Å²) in [7, 11) is 0. The lowest BCUT2D eigenvalue weighted by atomic mass is 10.0. The average Bonchev–Trinajstić information content (AvgIpc) is 2.89. The van der Waals surface area contributed by atoms with Crippen molar-refractivity contribution in [2.24, 2.45) is 5.92 Å². The Morgan fingerprint density at radius 1 is 0.947 bits per heavy atom. The van der Waals surface area contributed by atoms with Gasteiger partial charge in [0.25, 0.3) is 5.91 Å². The molecule has 3 aromatic rings. The Labute approximate surface area is 222 Å². The molecule has 1 amide bonds. The summed E-state index contributed by atoms with van der Waals surface area (Å²) in [5.41, 5.74) is 1.48. The van der Waals surface area contributed by atoms with Crippen LogP contribution in [0.15, 0.2) is 84.6 Å². The number of hydrogen-bond acceptors (Lipinski definition) is 4. The number of ketones is 1. The number of carbonyl (C=O) groups is 3. The fourth-order valence-electron chi connectivity index (χ4n) is 3.47. The molecule has 38 heavy (non-hydrogen) atoms. The van der Waals surface area contributed by atoms with Crippen LogP contribution in [0.2, 0.25) is 0 Å². The van der Waals surface area contributed by atoms with E-state index in [1.807, 2.05) is 49.4 Å². The minimum atomic E-state index is -4.55. The van der Waals surface area contributed by atoms with E-state index in [2.05, 4.69) is 5.32 Å². The van der Waals surface area contributed by atoms with Gasteiger partial charge < -0.3 is 10.4 Å². The molecule has 0 bridgehead atoms. The first-order valence-electron chi connectivity index (χ1n) is 11.7. The van der Waals surface area contributed by atoms with Crippen molar-refractivity contribution in [2.75, 3.05) is 5.75 Å². The van der Waals surface area contributed by atoms with E-state index in [1.165, 1.54) is 17.8 Å². The fraction of sp³-hybridized carbons (Fsp3) is 0.207. The second-order valence-corrected chi connectivity index (χ2v) is 9.69. The van der Waals surface area contributed by atoms with Gasteiger partial charge in [0, 0.05) is 23.5 Å². The second kappa shape index (κ2) is 13.1. The van der Waals surface area contributed by atoms with Gasteiger partial charge in [-0.3, -0.25) is 14.4 Å². The molecular weight excluding hydrogens is 515 g/mol. The Kier molecular flexibility index (Phi) is 9.90. The van der Waals surface area contributed by atoms with Crippen molar-refractivity contribution in [3.05, 3.63) is 112 Å². The third kappa shape index (κ3) is 8.62. The highest BCUT2D eigenvalue weighted by atomic mass is 32.2. The first-order chi connectivity index (χ1) is 18.0. The Balaban J connectivity index is 1.77. The summed E-state index contributed by atoms with van der Waals surface area (Å²) in [6, 6.07) is 20.2. The van der Waals surface area contributed by atoms with E-state index in [0.29, 0.717) is 11.3 Å². The average molecular weight is 542 g/mol. The number of allylic oxidation sites excluding steroid dienone is 1. The van der Waals surface area contributed by atoms with Gasteiger partial charge in [-0.05, 0) is 48.4 Å². The first kappa shape index (κ1) is 28.7. The van der Waals surface area contributed by atoms with Crippen molar-refractivity contribution in [1.29, 1.82) is 0 Å². The normalized spacial score (nSPS) is 12.6. The summed E-state index contributed by atoms with van der Waals surface area (Å²) >= 11 is 1.38. The fourth-order valence-corrected chi connectivity index (χ4v) is 4.56. The van der Waals surface area contributed by atoms with Crippen LogP contribution in [-0.4, -0.2) is 28.5 Å². The quantitative estimate of drug-likeness (QED) is 0.275. The van der Waals surface area contributed by atoms with Gasteiger partial charge >= 0.3 is 12.1 Å². The summed E-state index contributed by atoms with van der Waals surface area (Å²) in [5.74, 6) is -2.76. The third-order valence-electron chi connectivity index (χ3n) is 5.62. The predicted octanol–water partition coefficient (Wildman–Crippen LogP) is 6.38. The molecule has 0 spiro atoms. The van der Waals surface area contributed by atoms with Gasteiger partial charge in [0.1, 0.15) is 0 Å². The van der Waals surface area contributed by atoms with Crippen molar-refractivity contribution in [3.63, 3.8) is 0 Å². The van der Waals surface area contributed by atoms with Crippen LogP contribution in [0.4, 0.5) is 13.2 Å². The lowest BCUT2D eigenvalue weighted by molar-refractivity contribution is -0.142. The summed E-state index contributed by atoms with van der Waals surface area (Å²) in [6.45, 7) is 1.89. The maximum Gasteiger partial charge on any atom is 0.416 e. The van der Waals surface area contributed by atoms with E-state index in [0.717, 1.165) is 35.4 Å². The van der Waals surface area contributed by atoms with Crippen molar-refractivity contribution < 1.29 is 32.7 Å². The van der Waals surface area contributed by atoms with Crippen LogP contribution in [0, 0.1) is 12.8 Å². The Hall–Kier alpha value is -3.85. The van der Waals surface area contributed by atoms with Gasteiger partial charge in [-0.15, -0.1) is 0 Å². The molecule has 1 atom stereocenters. The second-order valence-electron chi connectivity index (χ2n) is 8.66. The molecule has 9 heteroatoms. The van der Waals surface area contributed by atoms with E-state index >= 15 is 0 Å². The molecule has 0 aliphatic carbocycles. The monoisotopic (exact) mass is 541 g/mol. The minimum Gasteiger partial charge on any atom is -0.481 e. The zero-order valence-corrected chi connectivity index (χ0v) is 21.3. The van der Waals surface area contributed by atoms with Crippen molar-refractivity contribution >= 4 is 35.5 Å². The van der Waals surface area contributed by atoms with E-state index in [1.54, 1.807) is 12.1 Å². The van der Waals surface area contributed by atoms with Gasteiger partial charge in [0.05, 0.1) is 17.2 Å². The van der Waals surface area contributed by atoms with Crippen LogP contribution < -0.4 is 5.32 Å². The molecule has 5 nitrogen and oxygen atoms in total. The molecule has 0 saturated heterocycles. The maximum atomic E-state index is 13.2. The number of alkyl halides is 3. The van der Waals surface area contributed by atoms with E-state index in [9.17, 15) is 32.7 Å². The molecule has 3 aromatic carbocycles. The molecule has 0 unspecified atom stereocenters. The van der Waals surface area contributed by atoms with E-state index in [4.69, 9.17) is 0 Å². The number of Topliss-reactive ketones (excluding diaryl/α,β-unsaturated/α-hetero) is 1. The zero-order valence-electron chi connectivity index (χ0n) is 20.5. The molecule has 0 radical (unpaired) electrons. The van der Waals surface area contributed by atoms with E-state index < -0.39 is 35.3 Å². The lowest BCUT2D eigenvalue weighted by Crippen LogP contribution is -2.30. The highest BCUT2D eigenvalue weighted by Gasteiger charge is 2.30. The van der Waals surface area contributed by atoms with Crippen LogP contribution in [0.3, 0.4) is 0 Å². The van der Waals surface area contributed by atoms with Crippen molar-refractivity contribution in [1.82, 2.24) is 5.32 Å². The van der Waals surface area contributed by atoms with Crippen LogP contribution in [0.1, 0.15) is 39.0 Å². The van der Waals surface area contributed by atoms with Gasteiger partial charge in [0.2, 0.25) is 0 Å². The standard InChI is InChI=1S/C29H26F3NO4S/c1-19-7-9-20(10-8-19)15-25(33-27(35)22-11-13-24(14-12-22)29(30,31)32)26(34)16-23(28(36)37)18-38-17-21-5-3-2-4-6-21/h2-15,23H,16-18H2,1H3,(H,33,35)(H,36,37)/b25-15+/t23-/m0/s1. The number of carboxylic acid groups (broad SMARTS) is 1. The van der Waals surface area contributed by atoms with Crippen LogP contribution in [-0.2, 0) is 21.5 Å². The van der Waals surface area contributed by atoms with Gasteiger partial charge in [-0.1, -0.05) is 60.2 Å². The summed E-state index contributed by atoms with van der Waals surface area (Å²) < 4.78 is 38.6. The third-order valence-corrected chi connectivity index (χ3v) is 6.80. The molecule has 3 rings (SSSR count). The van der Waals surface area contributed by atoms with Gasteiger partial charge in [-0.25, -0.2) is 0 Å². The molecule has 0 fully saturated rings. The Morgan fingerprint density at radius 3 is 2.16 bits per heavy atom. The molecule has 2 N–H and O–H groups in total. The smallest absolute Gasteiger partial charge is 0.416 e. The lowest BCUT2D eigenvalue weighted by Gasteiger charge is -2.15. The van der Waals surface area contributed by atoms with Crippen LogP contribution in [0.5, 0.6) is 0 Å². The number of aryl methyl sites for hydroxylation is 1. The highest BCUT2D eigenvalue weighted by Crippen LogP contribution is 2.29. The number of hydrogen-bond donors (Lipinski definition) is 2. The number of halogens is 3. The van der Waals surface area contributed by atoms with Crippen molar-refractivity contribution in [2.45, 2.75) is 25.3 Å². The molecule has 0 saturated carbocycles. The minimum absolute atomic E-state index is 0.0752. The Bertz CT molecular complexity index is 1290. The number of rotatable bonds is 11. The largest absolute Gasteiger partial charge is 0.481 e. The number of thioether (sulfide) groups is 1. The Morgan fingerprint density at radius 2 is 1.58 bits per heavy atom. The number of carbonyl (C=O) groups excluding carboxylic acids is 2. The summed E-state index contributed by atoms with van der Waals surface area (Å²) in [5, 5.41) is 12.2. The summed E-state index contributed by atoms with van der Waals surface area (Å²) in [6.07, 6.45) is -3.48. The van der Waals surface area contributed by atoms with Gasteiger partial charge in [0.15, 0.2) is 5.78 Å². The molecule has 0 aromatic heterocycles. The molecule has 0 aliphatic rings. The van der Waals surface area contributed by atoms with Crippen molar-refractivity contribution in [3.8, 4) is 0 Å². The summed E-state index contributed by atoms with van der Waals surface area (Å²) in [4.78, 5) is 37.9. The number of carboxylic acids is 1.